The Balaban J connectivity index is 2.40. The summed E-state index contributed by atoms with van der Waals surface area (Å²) in [5.41, 5.74) is 1.02. The predicted molar refractivity (Wildman–Crippen MR) is 46.5 cm³/mol. The van der Waals surface area contributed by atoms with E-state index in [1.165, 1.54) is 32.1 Å². The van der Waals surface area contributed by atoms with E-state index in [2.05, 4.69) is 6.08 Å². The molecule has 0 spiro atoms. The van der Waals surface area contributed by atoms with Gasteiger partial charge in [-0.1, -0.05) is 25.3 Å². The molecule has 0 saturated carbocycles. The third kappa shape index (κ3) is 3.35. The van der Waals surface area contributed by atoms with Crippen molar-refractivity contribution in [1.82, 2.24) is 0 Å². The number of carbonyl (C=O) groups is 1. The fourth-order valence-corrected chi connectivity index (χ4v) is 1.50. The molecule has 0 radical (unpaired) electrons. The summed E-state index contributed by atoms with van der Waals surface area (Å²) in [6, 6.07) is 0. The monoisotopic (exact) mass is 152 g/mol. The predicted octanol–water partition coefficient (Wildman–Crippen LogP) is 2.86. The molecule has 0 N–H and O–H groups in total. The molecule has 1 rings (SSSR count). The van der Waals surface area contributed by atoms with Gasteiger partial charge < -0.3 is 0 Å². The zero-order chi connectivity index (χ0) is 7.94. The van der Waals surface area contributed by atoms with Gasteiger partial charge in [0, 0.05) is 0 Å². The molecule has 1 aliphatic carbocycles. The van der Waals surface area contributed by atoms with Crippen molar-refractivity contribution in [2.45, 2.75) is 44.9 Å². The van der Waals surface area contributed by atoms with Gasteiger partial charge in [-0.25, -0.2) is 0 Å². The van der Waals surface area contributed by atoms with Crippen LogP contribution in [0.4, 0.5) is 0 Å². The number of aldehydes is 1. The summed E-state index contributed by atoms with van der Waals surface area (Å²) >= 11 is 0. The first kappa shape index (κ1) is 8.51. The third-order valence-corrected chi connectivity index (χ3v) is 2.23. The Hall–Kier alpha value is -0.590. The Morgan fingerprint density at radius 3 is 2.64 bits per heavy atom. The summed E-state index contributed by atoms with van der Waals surface area (Å²) in [6.45, 7) is 0. The summed E-state index contributed by atoms with van der Waals surface area (Å²) < 4.78 is 0. The second kappa shape index (κ2) is 5.11. The van der Waals surface area contributed by atoms with Crippen molar-refractivity contribution in [2.24, 2.45) is 0 Å². The number of allylic oxidation sites excluding steroid dienone is 2. The Morgan fingerprint density at radius 2 is 1.82 bits per heavy atom. The fraction of sp³-hybridized carbons (Fsp3) is 0.700. The smallest absolute Gasteiger partial charge is 0.145 e. The first-order valence-electron chi connectivity index (χ1n) is 4.57. The quantitative estimate of drug-likeness (QED) is 0.528. The molecular weight excluding hydrogens is 136 g/mol. The molecular formula is C10H16O. The van der Waals surface area contributed by atoms with Gasteiger partial charge in [-0.3, -0.25) is 4.79 Å². The Labute approximate surface area is 68.5 Å². The van der Waals surface area contributed by atoms with Crippen molar-refractivity contribution in [2.75, 3.05) is 0 Å². The lowest BCUT2D eigenvalue weighted by Gasteiger charge is -1.96. The maximum atomic E-state index is 10.5. The number of hydrogen-bond acceptors (Lipinski definition) is 1. The minimum Gasteiger partial charge on any atom is -0.298 e. The first-order valence-corrected chi connectivity index (χ1v) is 4.57. The van der Waals surface area contributed by atoms with Gasteiger partial charge in [0.15, 0.2) is 0 Å². The minimum absolute atomic E-state index is 1.00. The molecule has 0 aliphatic heterocycles. The molecule has 0 unspecified atom stereocenters. The average Bonchev–Trinajstić information content (AvgIpc) is 2.16. The van der Waals surface area contributed by atoms with Crippen LogP contribution in [0.25, 0.3) is 0 Å². The minimum atomic E-state index is 1.00. The summed E-state index contributed by atoms with van der Waals surface area (Å²) in [5, 5.41) is 0. The van der Waals surface area contributed by atoms with Gasteiger partial charge in [-0.15, -0.1) is 0 Å². The maximum absolute atomic E-state index is 10.5. The Morgan fingerprint density at radius 1 is 1.09 bits per heavy atom. The van der Waals surface area contributed by atoms with Crippen molar-refractivity contribution < 1.29 is 4.79 Å². The average molecular weight is 152 g/mol. The first-order chi connectivity index (χ1) is 5.43. The van der Waals surface area contributed by atoms with Crippen LogP contribution < -0.4 is 0 Å². The standard InChI is InChI=1S/C10H16O/c11-9-10-7-5-3-1-2-4-6-8-10/h7,9H,1-6,8H2/b10-7+. The molecule has 0 atom stereocenters. The zero-order valence-electron chi connectivity index (χ0n) is 7.01. The molecule has 1 nitrogen and oxygen atoms in total. The van der Waals surface area contributed by atoms with Crippen molar-refractivity contribution in [3.63, 3.8) is 0 Å². The molecule has 0 heterocycles. The highest BCUT2D eigenvalue weighted by Gasteiger charge is 1.98. The van der Waals surface area contributed by atoms with Gasteiger partial charge in [0.1, 0.15) is 6.29 Å². The van der Waals surface area contributed by atoms with Crippen molar-refractivity contribution in [3.05, 3.63) is 11.6 Å². The van der Waals surface area contributed by atoms with E-state index in [0.717, 1.165) is 24.7 Å². The molecule has 0 amide bonds. The normalized spacial score (nSPS) is 25.6. The van der Waals surface area contributed by atoms with Crippen LogP contribution in [0.2, 0.25) is 0 Å². The van der Waals surface area contributed by atoms with Crippen LogP contribution in [0.3, 0.4) is 0 Å². The van der Waals surface area contributed by atoms with Gasteiger partial charge in [-0.2, -0.15) is 0 Å². The zero-order valence-corrected chi connectivity index (χ0v) is 7.01. The lowest BCUT2D eigenvalue weighted by atomic mass is 10.1. The Bertz CT molecular complexity index is 147. The molecule has 0 saturated heterocycles. The van der Waals surface area contributed by atoms with Crippen LogP contribution in [-0.4, -0.2) is 6.29 Å². The van der Waals surface area contributed by atoms with Crippen molar-refractivity contribution in [3.8, 4) is 0 Å². The van der Waals surface area contributed by atoms with Gasteiger partial charge in [-0.05, 0) is 31.3 Å². The highest BCUT2D eigenvalue weighted by molar-refractivity contribution is 5.72. The topological polar surface area (TPSA) is 17.1 Å². The van der Waals surface area contributed by atoms with Gasteiger partial charge in [0.05, 0.1) is 0 Å². The number of hydrogen-bond donors (Lipinski definition) is 0. The maximum Gasteiger partial charge on any atom is 0.145 e. The second-order valence-electron chi connectivity index (χ2n) is 3.20. The summed E-state index contributed by atoms with van der Waals surface area (Å²) in [6.07, 6.45) is 11.7. The second-order valence-corrected chi connectivity index (χ2v) is 3.20. The number of rotatable bonds is 1. The van der Waals surface area contributed by atoms with E-state index in [0.29, 0.717) is 0 Å². The van der Waals surface area contributed by atoms with Crippen LogP contribution >= 0.6 is 0 Å². The number of carbonyl (C=O) groups excluding carboxylic acids is 1. The Kier molecular flexibility index (Phi) is 3.95. The lowest BCUT2D eigenvalue weighted by molar-refractivity contribution is -0.105. The molecule has 62 valence electrons. The highest BCUT2D eigenvalue weighted by Crippen LogP contribution is 2.15. The lowest BCUT2D eigenvalue weighted by Crippen LogP contribution is -1.84. The third-order valence-electron chi connectivity index (χ3n) is 2.23. The molecule has 1 aliphatic rings. The van der Waals surface area contributed by atoms with E-state index in [4.69, 9.17) is 0 Å². The van der Waals surface area contributed by atoms with E-state index >= 15 is 0 Å². The fourth-order valence-electron chi connectivity index (χ4n) is 1.50. The van der Waals surface area contributed by atoms with Crippen LogP contribution in [0, 0.1) is 0 Å². The van der Waals surface area contributed by atoms with Crippen LogP contribution in [0.5, 0.6) is 0 Å². The summed E-state index contributed by atoms with van der Waals surface area (Å²) in [7, 11) is 0. The molecule has 0 fully saturated rings. The van der Waals surface area contributed by atoms with Crippen LogP contribution in [-0.2, 0) is 4.79 Å². The largest absolute Gasteiger partial charge is 0.298 e. The summed E-state index contributed by atoms with van der Waals surface area (Å²) in [4.78, 5) is 10.5. The van der Waals surface area contributed by atoms with Gasteiger partial charge in [0.25, 0.3) is 0 Å². The van der Waals surface area contributed by atoms with E-state index in [9.17, 15) is 4.79 Å². The highest BCUT2D eigenvalue weighted by atomic mass is 16.1. The van der Waals surface area contributed by atoms with Crippen molar-refractivity contribution >= 4 is 6.29 Å². The molecule has 0 aromatic heterocycles. The van der Waals surface area contributed by atoms with Crippen LogP contribution in [0.1, 0.15) is 44.9 Å². The molecule has 0 aromatic carbocycles. The van der Waals surface area contributed by atoms with E-state index in [-0.39, 0.29) is 0 Å². The molecule has 0 aromatic rings. The molecule has 1 heteroatoms. The van der Waals surface area contributed by atoms with Crippen LogP contribution in [0.15, 0.2) is 11.6 Å². The summed E-state index contributed by atoms with van der Waals surface area (Å²) in [5.74, 6) is 0. The van der Waals surface area contributed by atoms with E-state index in [1.54, 1.807) is 0 Å². The molecule has 11 heavy (non-hydrogen) atoms. The van der Waals surface area contributed by atoms with E-state index in [1.807, 2.05) is 0 Å². The van der Waals surface area contributed by atoms with Gasteiger partial charge in [0.2, 0.25) is 0 Å². The SMILES string of the molecule is O=C/C1=C/CCCCCCC1. The van der Waals surface area contributed by atoms with Crippen molar-refractivity contribution in [1.29, 1.82) is 0 Å². The van der Waals surface area contributed by atoms with Gasteiger partial charge >= 0.3 is 0 Å². The van der Waals surface area contributed by atoms with E-state index < -0.39 is 0 Å². The molecule has 0 bridgehead atoms.